The lowest BCUT2D eigenvalue weighted by atomic mass is 9.94. The van der Waals surface area contributed by atoms with Crippen molar-refractivity contribution in [2.45, 2.75) is 38.1 Å². The summed E-state index contributed by atoms with van der Waals surface area (Å²) in [4.78, 5) is 26.1. The first kappa shape index (κ1) is 15.9. The molecule has 1 aromatic carbocycles. The number of hydrogen-bond acceptors (Lipinski definition) is 3. The van der Waals surface area contributed by atoms with Gasteiger partial charge in [-0.15, -0.1) is 0 Å². The number of rotatable bonds is 3. The van der Waals surface area contributed by atoms with Crippen LogP contribution in [0.1, 0.15) is 37.7 Å². The number of nitrogens with zero attached hydrogens (tertiary/aromatic N) is 1. The summed E-state index contributed by atoms with van der Waals surface area (Å²) in [6.07, 6.45) is 6.73. The van der Waals surface area contributed by atoms with Crippen molar-refractivity contribution >= 4 is 29.6 Å². The lowest BCUT2D eigenvalue weighted by Crippen LogP contribution is -2.41. The van der Waals surface area contributed by atoms with E-state index in [0.717, 1.165) is 31.2 Å². The maximum absolute atomic E-state index is 12.5. The quantitative estimate of drug-likeness (QED) is 0.679. The van der Waals surface area contributed by atoms with Crippen LogP contribution in [0.5, 0.6) is 5.75 Å². The molecule has 0 spiro atoms. The minimum atomic E-state index is -0.326. The number of amides is 3. The van der Waals surface area contributed by atoms with Crippen LogP contribution in [0.15, 0.2) is 23.9 Å². The number of ether oxygens (including phenoxy) is 1. The van der Waals surface area contributed by atoms with Gasteiger partial charge in [-0.25, -0.2) is 4.79 Å². The van der Waals surface area contributed by atoms with Crippen LogP contribution in [0.4, 0.5) is 4.79 Å². The molecule has 1 N–H and O–H groups in total. The molecule has 0 unspecified atom stereocenters. The number of imide groups is 1. The molecule has 0 aromatic heterocycles. The second kappa shape index (κ2) is 6.62. The summed E-state index contributed by atoms with van der Waals surface area (Å²) >= 11 is 6.09. The van der Waals surface area contributed by atoms with Crippen molar-refractivity contribution in [3.63, 3.8) is 0 Å². The van der Waals surface area contributed by atoms with E-state index in [1.807, 2.05) is 0 Å². The van der Waals surface area contributed by atoms with Gasteiger partial charge in [0.1, 0.15) is 11.4 Å². The zero-order valence-electron chi connectivity index (χ0n) is 13.0. The Balaban J connectivity index is 1.82. The van der Waals surface area contributed by atoms with Crippen LogP contribution in [-0.4, -0.2) is 30.0 Å². The molecule has 23 heavy (non-hydrogen) atoms. The molecule has 1 aliphatic carbocycles. The fourth-order valence-electron chi connectivity index (χ4n) is 3.16. The van der Waals surface area contributed by atoms with Crippen LogP contribution in [0.25, 0.3) is 6.08 Å². The Morgan fingerprint density at radius 3 is 2.65 bits per heavy atom. The third-order valence-electron chi connectivity index (χ3n) is 4.34. The number of halogens is 1. The largest absolute Gasteiger partial charge is 0.495 e. The highest BCUT2D eigenvalue weighted by Gasteiger charge is 2.38. The maximum Gasteiger partial charge on any atom is 0.329 e. The number of methoxy groups -OCH3 is 1. The van der Waals surface area contributed by atoms with Crippen LogP contribution >= 0.6 is 11.6 Å². The second-order valence-corrected chi connectivity index (χ2v) is 6.26. The lowest BCUT2D eigenvalue weighted by Gasteiger charge is -2.28. The van der Waals surface area contributed by atoms with Gasteiger partial charge in [-0.1, -0.05) is 36.9 Å². The smallest absolute Gasteiger partial charge is 0.329 e. The van der Waals surface area contributed by atoms with E-state index in [1.54, 1.807) is 31.4 Å². The van der Waals surface area contributed by atoms with E-state index < -0.39 is 0 Å². The fourth-order valence-corrected chi connectivity index (χ4v) is 3.42. The SMILES string of the molecule is COc1ccc(/C=C2\NC(=O)N(C3CCCCC3)C2=O)cc1Cl. The molecule has 0 radical (unpaired) electrons. The minimum Gasteiger partial charge on any atom is -0.495 e. The molecule has 0 bridgehead atoms. The molecular formula is C17H19ClN2O3. The highest BCUT2D eigenvalue weighted by molar-refractivity contribution is 6.32. The average Bonchev–Trinajstić information content (AvgIpc) is 2.82. The minimum absolute atomic E-state index is 0.0154. The molecule has 3 amide bonds. The number of hydrogen-bond donors (Lipinski definition) is 1. The zero-order chi connectivity index (χ0) is 16.4. The van der Waals surface area contributed by atoms with Gasteiger partial charge < -0.3 is 10.1 Å². The van der Waals surface area contributed by atoms with Gasteiger partial charge in [0, 0.05) is 6.04 Å². The summed E-state index contributed by atoms with van der Waals surface area (Å²) in [5.41, 5.74) is 1.03. The van der Waals surface area contributed by atoms with E-state index in [4.69, 9.17) is 16.3 Å². The van der Waals surface area contributed by atoms with E-state index in [1.165, 1.54) is 11.3 Å². The standard InChI is InChI=1S/C17H19ClN2O3/c1-23-15-8-7-11(9-13(15)18)10-14-16(21)20(17(22)19-14)12-5-3-2-4-6-12/h7-10,12H,2-6H2,1H3,(H,19,22)/b14-10-. The average molecular weight is 335 g/mol. The van der Waals surface area contributed by atoms with Crippen molar-refractivity contribution in [3.05, 3.63) is 34.5 Å². The Hall–Kier alpha value is -2.01. The lowest BCUT2D eigenvalue weighted by molar-refractivity contribution is -0.124. The molecule has 1 saturated heterocycles. The van der Waals surface area contributed by atoms with Crippen molar-refractivity contribution in [2.24, 2.45) is 0 Å². The molecule has 6 heteroatoms. The first-order valence-corrected chi connectivity index (χ1v) is 8.17. The van der Waals surface area contributed by atoms with Gasteiger partial charge in [0.15, 0.2) is 0 Å². The van der Waals surface area contributed by atoms with Crippen molar-refractivity contribution in [1.82, 2.24) is 10.2 Å². The number of carbonyl (C=O) groups is 2. The van der Waals surface area contributed by atoms with Crippen LogP contribution in [-0.2, 0) is 4.79 Å². The summed E-state index contributed by atoms with van der Waals surface area (Å²) in [5.74, 6) is 0.313. The zero-order valence-corrected chi connectivity index (χ0v) is 13.7. The Morgan fingerprint density at radius 2 is 2.00 bits per heavy atom. The summed E-state index contributed by atoms with van der Waals surface area (Å²) in [6, 6.07) is 4.92. The highest BCUT2D eigenvalue weighted by Crippen LogP contribution is 2.28. The monoisotopic (exact) mass is 334 g/mol. The summed E-state index contributed by atoms with van der Waals surface area (Å²) in [6.45, 7) is 0. The van der Waals surface area contributed by atoms with Gasteiger partial charge in [0.25, 0.3) is 5.91 Å². The van der Waals surface area contributed by atoms with Crippen LogP contribution in [0.2, 0.25) is 5.02 Å². The van der Waals surface area contributed by atoms with E-state index >= 15 is 0 Å². The van der Waals surface area contributed by atoms with E-state index in [9.17, 15) is 9.59 Å². The number of nitrogens with one attached hydrogen (secondary N) is 1. The molecule has 1 aliphatic heterocycles. The molecule has 2 aliphatic rings. The summed E-state index contributed by atoms with van der Waals surface area (Å²) in [7, 11) is 1.54. The second-order valence-electron chi connectivity index (χ2n) is 5.85. The van der Waals surface area contributed by atoms with Crippen LogP contribution < -0.4 is 10.1 Å². The maximum atomic E-state index is 12.5. The number of benzene rings is 1. The normalized spacial score (nSPS) is 21.0. The summed E-state index contributed by atoms with van der Waals surface area (Å²) in [5, 5.41) is 3.13. The number of carbonyl (C=O) groups excluding carboxylic acids is 2. The van der Waals surface area contributed by atoms with Gasteiger partial charge in [-0.05, 0) is 36.6 Å². The molecule has 3 rings (SSSR count). The van der Waals surface area contributed by atoms with Gasteiger partial charge in [0.05, 0.1) is 12.1 Å². The molecule has 122 valence electrons. The third kappa shape index (κ3) is 3.20. The van der Waals surface area contributed by atoms with Crippen LogP contribution in [0.3, 0.4) is 0 Å². The Labute approximate surface area is 140 Å². The Morgan fingerprint density at radius 1 is 1.26 bits per heavy atom. The first-order chi connectivity index (χ1) is 11.1. The van der Waals surface area contributed by atoms with Crippen molar-refractivity contribution in [2.75, 3.05) is 7.11 Å². The molecule has 0 atom stereocenters. The molecular weight excluding hydrogens is 316 g/mol. The van der Waals surface area contributed by atoms with Crippen molar-refractivity contribution in [1.29, 1.82) is 0 Å². The van der Waals surface area contributed by atoms with Gasteiger partial charge in [0.2, 0.25) is 0 Å². The highest BCUT2D eigenvalue weighted by atomic mass is 35.5. The Kier molecular flexibility index (Phi) is 4.57. The Bertz CT molecular complexity index is 666. The van der Waals surface area contributed by atoms with Crippen molar-refractivity contribution in [3.8, 4) is 5.75 Å². The van der Waals surface area contributed by atoms with Gasteiger partial charge in [-0.2, -0.15) is 0 Å². The van der Waals surface area contributed by atoms with Gasteiger partial charge in [-0.3, -0.25) is 9.69 Å². The third-order valence-corrected chi connectivity index (χ3v) is 4.63. The number of urea groups is 1. The van der Waals surface area contributed by atoms with E-state index in [2.05, 4.69) is 5.32 Å². The van der Waals surface area contributed by atoms with Gasteiger partial charge >= 0.3 is 6.03 Å². The van der Waals surface area contributed by atoms with E-state index in [-0.39, 0.29) is 18.0 Å². The first-order valence-electron chi connectivity index (χ1n) is 7.80. The van der Waals surface area contributed by atoms with E-state index in [0.29, 0.717) is 16.5 Å². The molecule has 2 fully saturated rings. The topological polar surface area (TPSA) is 58.6 Å². The summed E-state index contributed by atoms with van der Waals surface area (Å²) < 4.78 is 5.11. The predicted molar refractivity (Wildman–Crippen MR) is 88.2 cm³/mol. The van der Waals surface area contributed by atoms with Crippen LogP contribution in [0, 0.1) is 0 Å². The fraction of sp³-hybridized carbons (Fsp3) is 0.412. The van der Waals surface area contributed by atoms with Crippen molar-refractivity contribution < 1.29 is 14.3 Å². The molecule has 1 aromatic rings. The molecule has 1 heterocycles. The molecule has 1 saturated carbocycles. The molecule has 5 nitrogen and oxygen atoms in total. The predicted octanol–water partition coefficient (Wildman–Crippen LogP) is 3.57.